The van der Waals surface area contributed by atoms with Gasteiger partial charge in [0.05, 0.1) is 7.11 Å². The summed E-state index contributed by atoms with van der Waals surface area (Å²) in [6.07, 6.45) is 9.76. The standard InChI is InChI=1S/C23H28N2O5/c1-28-21-15-17(8-10-20(21)29-14-12-24)9-11-23(27)30-16-22(26)25-13-4-6-18-5-2-3-7-19(18)25/h8-11,15,18-19H,2-7,13-14,16H2,1H3/b11-9+/t18-,19-/m1/s1. The predicted octanol–water partition coefficient (Wildman–Crippen LogP) is 3.34. The maximum Gasteiger partial charge on any atom is 0.331 e. The summed E-state index contributed by atoms with van der Waals surface area (Å²) in [7, 11) is 1.50. The molecule has 1 aliphatic heterocycles. The zero-order chi connectivity index (χ0) is 21.3. The molecule has 0 N–H and O–H groups in total. The van der Waals surface area contributed by atoms with Gasteiger partial charge in [0.15, 0.2) is 24.7 Å². The Kier molecular flexibility index (Phi) is 7.72. The molecule has 7 heteroatoms. The Balaban J connectivity index is 1.52. The fraction of sp³-hybridized carbons (Fsp3) is 0.522. The van der Waals surface area contributed by atoms with Crippen LogP contribution in [-0.4, -0.2) is 49.7 Å². The molecule has 0 aromatic heterocycles. The highest BCUT2D eigenvalue weighted by molar-refractivity contribution is 5.89. The molecule has 160 valence electrons. The quantitative estimate of drug-likeness (QED) is 0.504. The van der Waals surface area contributed by atoms with E-state index in [0.29, 0.717) is 29.0 Å². The van der Waals surface area contributed by atoms with E-state index in [4.69, 9.17) is 19.5 Å². The maximum atomic E-state index is 12.6. The Morgan fingerprint density at radius 3 is 2.80 bits per heavy atom. The Hall–Kier alpha value is -3.01. The van der Waals surface area contributed by atoms with Gasteiger partial charge in [-0.05, 0) is 55.4 Å². The van der Waals surface area contributed by atoms with Crippen LogP contribution in [0.4, 0.5) is 0 Å². The van der Waals surface area contributed by atoms with E-state index in [-0.39, 0.29) is 19.1 Å². The normalized spacial score (nSPS) is 20.9. The number of esters is 1. The third-order valence-electron chi connectivity index (χ3n) is 5.79. The molecule has 0 radical (unpaired) electrons. The zero-order valence-corrected chi connectivity index (χ0v) is 17.3. The van der Waals surface area contributed by atoms with Gasteiger partial charge in [0.25, 0.3) is 5.91 Å². The molecule has 1 aromatic carbocycles. The summed E-state index contributed by atoms with van der Waals surface area (Å²) in [6.45, 7) is 0.453. The molecule has 0 spiro atoms. The number of fused-ring (bicyclic) bond motifs is 1. The van der Waals surface area contributed by atoms with E-state index in [1.165, 1.54) is 32.4 Å². The number of likely N-dealkylation sites (tertiary alicyclic amines) is 1. The Labute approximate surface area is 177 Å². The van der Waals surface area contributed by atoms with Crippen LogP contribution in [0.2, 0.25) is 0 Å². The number of carbonyl (C=O) groups is 2. The first-order valence-corrected chi connectivity index (χ1v) is 10.4. The van der Waals surface area contributed by atoms with E-state index < -0.39 is 5.97 Å². The van der Waals surface area contributed by atoms with Crippen LogP contribution in [0.5, 0.6) is 11.5 Å². The number of amides is 1. The topological polar surface area (TPSA) is 88.9 Å². The molecule has 0 bridgehead atoms. The summed E-state index contributed by atoms with van der Waals surface area (Å²) in [5.41, 5.74) is 0.709. The summed E-state index contributed by atoms with van der Waals surface area (Å²) in [4.78, 5) is 26.6. The molecule has 1 heterocycles. The Morgan fingerprint density at radius 1 is 1.20 bits per heavy atom. The molecule has 2 aliphatic rings. The van der Waals surface area contributed by atoms with Gasteiger partial charge in [-0.15, -0.1) is 0 Å². The fourth-order valence-corrected chi connectivity index (χ4v) is 4.38. The molecule has 1 saturated heterocycles. The molecular formula is C23H28N2O5. The van der Waals surface area contributed by atoms with Gasteiger partial charge in [0, 0.05) is 18.7 Å². The summed E-state index contributed by atoms with van der Waals surface area (Å²) < 4.78 is 15.7. The molecule has 1 saturated carbocycles. The second kappa shape index (κ2) is 10.7. The average Bonchev–Trinajstić information content (AvgIpc) is 2.79. The van der Waals surface area contributed by atoms with Crippen LogP contribution in [0, 0.1) is 17.2 Å². The Morgan fingerprint density at radius 2 is 2.00 bits per heavy atom. The summed E-state index contributed by atoms with van der Waals surface area (Å²) in [5, 5.41) is 8.62. The van der Waals surface area contributed by atoms with Gasteiger partial charge in [-0.2, -0.15) is 5.26 Å². The van der Waals surface area contributed by atoms with Crippen molar-refractivity contribution in [3.05, 3.63) is 29.8 Å². The van der Waals surface area contributed by atoms with Crippen LogP contribution < -0.4 is 9.47 Å². The number of hydrogen-bond donors (Lipinski definition) is 0. The molecule has 30 heavy (non-hydrogen) atoms. The number of methoxy groups -OCH3 is 1. The van der Waals surface area contributed by atoms with Crippen molar-refractivity contribution in [1.82, 2.24) is 4.90 Å². The van der Waals surface area contributed by atoms with Gasteiger partial charge in [0.1, 0.15) is 6.07 Å². The number of rotatable bonds is 7. The van der Waals surface area contributed by atoms with Crippen molar-refractivity contribution in [2.45, 2.75) is 44.6 Å². The van der Waals surface area contributed by atoms with E-state index >= 15 is 0 Å². The van der Waals surface area contributed by atoms with Crippen molar-refractivity contribution < 1.29 is 23.8 Å². The molecule has 0 unspecified atom stereocenters. The van der Waals surface area contributed by atoms with Crippen molar-refractivity contribution in [3.8, 4) is 17.6 Å². The number of nitrogens with zero attached hydrogens (tertiary/aromatic N) is 2. The first kappa shape index (κ1) is 21.7. The first-order chi connectivity index (χ1) is 14.6. The van der Waals surface area contributed by atoms with E-state index in [1.54, 1.807) is 24.3 Å². The lowest BCUT2D eigenvalue weighted by Crippen LogP contribution is -2.50. The van der Waals surface area contributed by atoms with Crippen LogP contribution in [-0.2, 0) is 14.3 Å². The van der Waals surface area contributed by atoms with Crippen LogP contribution in [0.25, 0.3) is 6.08 Å². The largest absolute Gasteiger partial charge is 0.493 e. The van der Waals surface area contributed by atoms with E-state index in [0.717, 1.165) is 25.8 Å². The van der Waals surface area contributed by atoms with Gasteiger partial charge >= 0.3 is 5.97 Å². The third kappa shape index (κ3) is 5.53. The molecule has 3 rings (SSSR count). The summed E-state index contributed by atoms with van der Waals surface area (Å²) in [6, 6.07) is 7.31. The third-order valence-corrected chi connectivity index (χ3v) is 5.79. The Bertz CT molecular complexity index is 827. The van der Waals surface area contributed by atoms with Gasteiger partial charge in [-0.1, -0.05) is 18.9 Å². The SMILES string of the molecule is COc1cc(/C=C/C(=O)OCC(=O)N2CCC[C@H]3CCCC[C@H]32)ccc1OCC#N. The van der Waals surface area contributed by atoms with Gasteiger partial charge in [0.2, 0.25) is 0 Å². The molecule has 1 amide bonds. The average molecular weight is 412 g/mol. The zero-order valence-electron chi connectivity index (χ0n) is 17.3. The van der Waals surface area contributed by atoms with Crippen LogP contribution >= 0.6 is 0 Å². The highest BCUT2D eigenvalue weighted by Gasteiger charge is 2.35. The molecular weight excluding hydrogens is 384 g/mol. The lowest BCUT2D eigenvalue weighted by Gasteiger charge is -2.44. The number of hydrogen-bond acceptors (Lipinski definition) is 6. The molecule has 7 nitrogen and oxygen atoms in total. The molecule has 2 atom stereocenters. The van der Waals surface area contributed by atoms with Crippen molar-refractivity contribution in [1.29, 1.82) is 5.26 Å². The minimum Gasteiger partial charge on any atom is -0.493 e. The number of nitriles is 1. The minimum absolute atomic E-state index is 0.0788. The molecule has 1 aliphatic carbocycles. The lowest BCUT2D eigenvalue weighted by atomic mass is 9.78. The summed E-state index contributed by atoms with van der Waals surface area (Å²) in [5.74, 6) is 0.843. The van der Waals surface area contributed by atoms with Crippen LogP contribution in [0.1, 0.15) is 44.1 Å². The van der Waals surface area contributed by atoms with Crippen LogP contribution in [0.3, 0.4) is 0 Å². The maximum absolute atomic E-state index is 12.6. The highest BCUT2D eigenvalue weighted by atomic mass is 16.5. The monoisotopic (exact) mass is 412 g/mol. The van der Waals surface area contributed by atoms with Crippen molar-refractivity contribution in [2.75, 3.05) is 26.9 Å². The van der Waals surface area contributed by atoms with E-state index in [2.05, 4.69) is 0 Å². The molecule has 2 fully saturated rings. The van der Waals surface area contributed by atoms with Crippen molar-refractivity contribution >= 4 is 18.0 Å². The van der Waals surface area contributed by atoms with Crippen molar-refractivity contribution in [3.63, 3.8) is 0 Å². The van der Waals surface area contributed by atoms with Gasteiger partial charge in [-0.3, -0.25) is 4.79 Å². The smallest absolute Gasteiger partial charge is 0.331 e. The lowest BCUT2D eigenvalue weighted by molar-refractivity contribution is -0.151. The number of carbonyl (C=O) groups excluding carboxylic acids is 2. The predicted molar refractivity (Wildman–Crippen MR) is 111 cm³/mol. The number of benzene rings is 1. The van der Waals surface area contributed by atoms with E-state index in [1.807, 2.05) is 11.0 Å². The van der Waals surface area contributed by atoms with Gasteiger partial charge in [-0.25, -0.2) is 4.79 Å². The van der Waals surface area contributed by atoms with E-state index in [9.17, 15) is 9.59 Å². The first-order valence-electron chi connectivity index (χ1n) is 10.4. The summed E-state index contributed by atoms with van der Waals surface area (Å²) >= 11 is 0. The molecule has 1 aromatic rings. The number of piperidine rings is 1. The second-order valence-electron chi connectivity index (χ2n) is 7.64. The highest BCUT2D eigenvalue weighted by Crippen LogP contribution is 2.35. The minimum atomic E-state index is -0.565. The van der Waals surface area contributed by atoms with Crippen molar-refractivity contribution in [2.24, 2.45) is 5.92 Å². The number of ether oxygens (including phenoxy) is 3. The fourth-order valence-electron chi connectivity index (χ4n) is 4.38. The van der Waals surface area contributed by atoms with Crippen LogP contribution in [0.15, 0.2) is 24.3 Å². The second-order valence-corrected chi connectivity index (χ2v) is 7.64. The van der Waals surface area contributed by atoms with Gasteiger partial charge < -0.3 is 19.1 Å².